The largest absolute Gasteiger partial charge is 0.469 e. The molecular weight excluding hydrogens is 232 g/mol. The lowest BCUT2D eigenvalue weighted by Gasteiger charge is -2.23. The highest BCUT2D eigenvalue weighted by molar-refractivity contribution is 5.86. The minimum absolute atomic E-state index is 0.0728. The maximum Gasteiger partial charge on any atom is 0.242 e. The maximum absolute atomic E-state index is 12.0. The van der Waals surface area contributed by atoms with Crippen molar-refractivity contribution in [1.82, 2.24) is 5.32 Å². The Hall–Kier alpha value is -1.33. The highest BCUT2D eigenvalue weighted by atomic mass is 16.5. The summed E-state index contributed by atoms with van der Waals surface area (Å²) in [5.74, 6) is 0.815. The van der Waals surface area contributed by atoms with E-state index in [0.29, 0.717) is 19.6 Å². The van der Waals surface area contributed by atoms with Gasteiger partial charge in [0, 0.05) is 19.1 Å². The summed E-state index contributed by atoms with van der Waals surface area (Å²) >= 11 is 0. The molecule has 100 valence electrons. The number of carbonyl (C=O) groups excluding carboxylic acids is 1. The molecule has 2 unspecified atom stereocenters. The predicted octanol–water partition coefficient (Wildman–Crippen LogP) is 0.835. The first-order valence-corrected chi connectivity index (χ1v) is 6.30. The van der Waals surface area contributed by atoms with E-state index in [1.165, 1.54) is 0 Å². The smallest absolute Gasteiger partial charge is 0.242 e. The molecule has 1 fully saturated rings. The molecule has 1 aliphatic heterocycles. The topological polar surface area (TPSA) is 77.5 Å². The van der Waals surface area contributed by atoms with Gasteiger partial charge in [-0.15, -0.1) is 0 Å². The van der Waals surface area contributed by atoms with Crippen LogP contribution in [0.25, 0.3) is 0 Å². The van der Waals surface area contributed by atoms with Gasteiger partial charge >= 0.3 is 0 Å². The van der Waals surface area contributed by atoms with Gasteiger partial charge in [0.05, 0.1) is 12.9 Å². The fraction of sp³-hybridized carbons (Fsp3) is 0.615. The molecule has 1 saturated heterocycles. The Labute approximate surface area is 107 Å². The highest BCUT2D eigenvalue weighted by Crippen LogP contribution is 2.16. The zero-order chi connectivity index (χ0) is 13.0. The molecule has 3 N–H and O–H groups in total. The second-order valence-electron chi connectivity index (χ2n) is 4.95. The van der Waals surface area contributed by atoms with Crippen LogP contribution in [0.3, 0.4) is 0 Å². The second kappa shape index (κ2) is 5.54. The summed E-state index contributed by atoms with van der Waals surface area (Å²) in [6.45, 7) is 2.84. The third kappa shape index (κ3) is 3.11. The van der Waals surface area contributed by atoms with Crippen LogP contribution in [-0.4, -0.2) is 30.7 Å². The molecule has 0 spiro atoms. The number of rotatable bonds is 5. The van der Waals surface area contributed by atoms with E-state index >= 15 is 0 Å². The van der Waals surface area contributed by atoms with Crippen molar-refractivity contribution < 1.29 is 13.9 Å². The van der Waals surface area contributed by atoms with Crippen molar-refractivity contribution in [2.75, 3.05) is 13.2 Å². The van der Waals surface area contributed by atoms with E-state index in [0.717, 1.165) is 18.6 Å². The van der Waals surface area contributed by atoms with Crippen LogP contribution >= 0.6 is 0 Å². The Morgan fingerprint density at radius 2 is 2.50 bits per heavy atom. The van der Waals surface area contributed by atoms with Gasteiger partial charge in [-0.3, -0.25) is 4.79 Å². The Morgan fingerprint density at radius 1 is 1.67 bits per heavy atom. The Kier molecular flexibility index (Phi) is 4.04. The number of ether oxygens (including phenoxy) is 1. The van der Waals surface area contributed by atoms with E-state index in [9.17, 15) is 4.79 Å². The minimum Gasteiger partial charge on any atom is -0.469 e. The second-order valence-corrected chi connectivity index (χ2v) is 4.95. The fourth-order valence-electron chi connectivity index (χ4n) is 2.01. The SMILES string of the molecule is CC(CCc1ccco1)NC(=O)C1(N)CCOC1. The molecule has 0 aromatic carbocycles. The van der Waals surface area contributed by atoms with E-state index in [1.807, 2.05) is 19.1 Å². The van der Waals surface area contributed by atoms with Crippen LogP contribution in [0.5, 0.6) is 0 Å². The lowest BCUT2D eigenvalue weighted by molar-refractivity contribution is -0.127. The van der Waals surface area contributed by atoms with Crippen molar-refractivity contribution in [3.05, 3.63) is 24.2 Å². The zero-order valence-corrected chi connectivity index (χ0v) is 10.6. The predicted molar refractivity (Wildman–Crippen MR) is 67.0 cm³/mol. The van der Waals surface area contributed by atoms with Gasteiger partial charge in [-0.25, -0.2) is 0 Å². The summed E-state index contributed by atoms with van der Waals surface area (Å²) < 4.78 is 10.4. The van der Waals surface area contributed by atoms with Gasteiger partial charge < -0.3 is 20.2 Å². The minimum atomic E-state index is -0.848. The Bertz CT molecular complexity index is 383. The van der Waals surface area contributed by atoms with Crippen LogP contribution in [0, 0.1) is 0 Å². The van der Waals surface area contributed by atoms with Crippen LogP contribution in [0.4, 0.5) is 0 Å². The third-order valence-electron chi connectivity index (χ3n) is 3.29. The van der Waals surface area contributed by atoms with Gasteiger partial charge in [0.15, 0.2) is 0 Å². The van der Waals surface area contributed by atoms with E-state index in [4.69, 9.17) is 14.9 Å². The Balaban J connectivity index is 1.76. The van der Waals surface area contributed by atoms with Gasteiger partial charge in [0.2, 0.25) is 5.91 Å². The van der Waals surface area contributed by atoms with Crippen LogP contribution in [0.1, 0.15) is 25.5 Å². The van der Waals surface area contributed by atoms with Crippen molar-refractivity contribution in [2.24, 2.45) is 5.73 Å². The van der Waals surface area contributed by atoms with Crippen LogP contribution in [-0.2, 0) is 16.0 Å². The summed E-state index contributed by atoms with van der Waals surface area (Å²) in [5.41, 5.74) is 5.14. The fourth-order valence-corrected chi connectivity index (χ4v) is 2.01. The highest BCUT2D eigenvalue weighted by Gasteiger charge is 2.38. The number of nitrogens with one attached hydrogen (secondary N) is 1. The average Bonchev–Trinajstić information content (AvgIpc) is 2.98. The average molecular weight is 252 g/mol. The summed E-state index contributed by atoms with van der Waals surface area (Å²) in [6, 6.07) is 3.87. The van der Waals surface area contributed by atoms with Crippen molar-refractivity contribution in [3.8, 4) is 0 Å². The number of carbonyl (C=O) groups is 1. The first-order valence-electron chi connectivity index (χ1n) is 6.30. The molecule has 1 aromatic heterocycles. The van der Waals surface area contributed by atoms with E-state index in [1.54, 1.807) is 6.26 Å². The molecule has 0 aliphatic carbocycles. The molecule has 2 atom stereocenters. The molecule has 1 aliphatic rings. The zero-order valence-electron chi connectivity index (χ0n) is 10.6. The van der Waals surface area contributed by atoms with Crippen molar-refractivity contribution in [1.29, 1.82) is 0 Å². The molecular formula is C13H20N2O3. The number of furan rings is 1. The number of aryl methyl sites for hydroxylation is 1. The number of hydrogen-bond acceptors (Lipinski definition) is 4. The molecule has 18 heavy (non-hydrogen) atoms. The van der Waals surface area contributed by atoms with Gasteiger partial charge in [0.1, 0.15) is 11.3 Å². The van der Waals surface area contributed by atoms with Gasteiger partial charge in [-0.1, -0.05) is 0 Å². The van der Waals surface area contributed by atoms with E-state index in [2.05, 4.69) is 5.32 Å². The normalized spacial score (nSPS) is 25.0. The van der Waals surface area contributed by atoms with Crippen LogP contribution in [0.15, 0.2) is 22.8 Å². The lowest BCUT2D eigenvalue weighted by atomic mass is 9.98. The monoisotopic (exact) mass is 252 g/mol. The lowest BCUT2D eigenvalue weighted by Crippen LogP contribution is -2.56. The molecule has 2 rings (SSSR count). The van der Waals surface area contributed by atoms with Gasteiger partial charge in [0.25, 0.3) is 0 Å². The first kappa shape index (κ1) is 13.1. The van der Waals surface area contributed by atoms with Crippen molar-refractivity contribution in [3.63, 3.8) is 0 Å². The number of nitrogens with two attached hydrogens (primary N) is 1. The molecule has 2 heterocycles. The van der Waals surface area contributed by atoms with Crippen molar-refractivity contribution in [2.45, 2.75) is 37.8 Å². The van der Waals surface area contributed by atoms with Crippen LogP contribution < -0.4 is 11.1 Å². The van der Waals surface area contributed by atoms with Gasteiger partial charge in [-0.2, -0.15) is 0 Å². The Morgan fingerprint density at radius 3 is 3.11 bits per heavy atom. The standard InChI is InChI=1S/C13H20N2O3/c1-10(4-5-11-3-2-7-18-11)15-12(16)13(14)6-8-17-9-13/h2-3,7,10H,4-6,8-9,14H2,1H3,(H,15,16). The molecule has 1 aromatic rings. The summed E-state index contributed by atoms with van der Waals surface area (Å²) in [5, 5.41) is 2.94. The molecule has 5 nitrogen and oxygen atoms in total. The summed E-state index contributed by atoms with van der Waals surface area (Å²) in [4.78, 5) is 12.0. The molecule has 0 bridgehead atoms. The molecule has 1 amide bonds. The number of amides is 1. The maximum atomic E-state index is 12.0. The van der Waals surface area contributed by atoms with Crippen molar-refractivity contribution >= 4 is 5.91 Å². The third-order valence-corrected chi connectivity index (χ3v) is 3.29. The molecule has 5 heteroatoms. The summed E-state index contributed by atoms with van der Waals surface area (Å²) in [6.07, 6.45) is 3.88. The summed E-state index contributed by atoms with van der Waals surface area (Å²) in [7, 11) is 0. The van der Waals surface area contributed by atoms with E-state index < -0.39 is 5.54 Å². The van der Waals surface area contributed by atoms with E-state index in [-0.39, 0.29) is 11.9 Å². The quantitative estimate of drug-likeness (QED) is 0.814. The van der Waals surface area contributed by atoms with Gasteiger partial charge in [-0.05, 0) is 31.9 Å². The van der Waals surface area contributed by atoms with Crippen LogP contribution in [0.2, 0.25) is 0 Å². The number of hydrogen-bond donors (Lipinski definition) is 2. The molecule has 0 radical (unpaired) electrons. The first-order chi connectivity index (χ1) is 8.60. The molecule has 0 saturated carbocycles.